The van der Waals surface area contributed by atoms with E-state index in [0.717, 1.165) is 18.5 Å². The quantitative estimate of drug-likeness (QED) is 0.760. The van der Waals surface area contributed by atoms with Crippen LogP contribution in [0.1, 0.15) is 43.0 Å². The standard InChI is InChI=1S/C13H19NO.ClH/c1-2-3-4-8-11-14-13(15)12-9-6-5-7-10-12;/h5-7,9-10H,2-4,8,11H2,1H3,(H,14,15);1H. The molecule has 1 N–H and O–H groups in total. The van der Waals surface area contributed by atoms with Gasteiger partial charge >= 0.3 is 0 Å². The molecule has 3 heteroatoms. The molecule has 0 fully saturated rings. The second kappa shape index (κ2) is 9.22. The summed E-state index contributed by atoms with van der Waals surface area (Å²) >= 11 is 0. The summed E-state index contributed by atoms with van der Waals surface area (Å²) < 4.78 is 0. The first kappa shape index (κ1) is 15.0. The molecule has 0 spiro atoms. The molecule has 2 nitrogen and oxygen atoms in total. The van der Waals surface area contributed by atoms with E-state index >= 15 is 0 Å². The van der Waals surface area contributed by atoms with Crippen molar-refractivity contribution in [3.05, 3.63) is 35.9 Å². The molecule has 0 heterocycles. The van der Waals surface area contributed by atoms with E-state index < -0.39 is 0 Å². The normalized spacial score (nSPS) is 9.31. The minimum atomic E-state index is 0. The topological polar surface area (TPSA) is 29.1 Å². The van der Waals surface area contributed by atoms with Gasteiger partial charge in [0.25, 0.3) is 5.91 Å². The Kier molecular flexibility index (Phi) is 8.64. The highest BCUT2D eigenvalue weighted by Gasteiger charge is 2.01. The Hall–Kier alpha value is -1.02. The Morgan fingerprint density at radius 2 is 1.81 bits per heavy atom. The molecule has 0 aliphatic heterocycles. The molecule has 0 aliphatic carbocycles. The van der Waals surface area contributed by atoms with Crippen molar-refractivity contribution in [1.82, 2.24) is 5.32 Å². The van der Waals surface area contributed by atoms with Gasteiger partial charge in [0.1, 0.15) is 0 Å². The van der Waals surface area contributed by atoms with Crippen LogP contribution in [0.3, 0.4) is 0 Å². The third-order valence-corrected chi connectivity index (χ3v) is 2.35. The number of benzene rings is 1. The van der Waals surface area contributed by atoms with Crippen molar-refractivity contribution >= 4 is 18.3 Å². The molecule has 0 saturated carbocycles. The molecular weight excluding hydrogens is 222 g/mol. The summed E-state index contributed by atoms with van der Waals surface area (Å²) in [5, 5.41) is 2.92. The Morgan fingerprint density at radius 1 is 1.12 bits per heavy atom. The molecule has 0 radical (unpaired) electrons. The SMILES string of the molecule is CCCCCCNC(=O)c1ccccc1.Cl. The highest BCUT2D eigenvalue weighted by atomic mass is 35.5. The molecule has 1 rings (SSSR count). The summed E-state index contributed by atoms with van der Waals surface area (Å²) in [5.74, 6) is 0.0344. The molecule has 0 saturated heterocycles. The third-order valence-electron chi connectivity index (χ3n) is 2.35. The zero-order valence-electron chi connectivity index (χ0n) is 9.74. The van der Waals surface area contributed by atoms with Crippen LogP contribution in [0.25, 0.3) is 0 Å². The van der Waals surface area contributed by atoms with Crippen molar-refractivity contribution in [2.45, 2.75) is 32.6 Å². The van der Waals surface area contributed by atoms with Gasteiger partial charge in [-0.2, -0.15) is 0 Å². The number of hydrogen-bond donors (Lipinski definition) is 1. The summed E-state index contributed by atoms with van der Waals surface area (Å²) in [6, 6.07) is 9.35. The van der Waals surface area contributed by atoms with Crippen molar-refractivity contribution in [3.8, 4) is 0 Å². The molecule has 0 aromatic heterocycles. The van der Waals surface area contributed by atoms with Crippen LogP contribution in [0.15, 0.2) is 30.3 Å². The van der Waals surface area contributed by atoms with Gasteiger partial charge in [-0.25, -0.2) is 0 Å². The van der Waals surface area contributed by atoms with Crippen molar-refractivity contribution in [2.75, 3.05) is 6.54 Å². The van der Waals surface area contributed by atoms with E-state index in [2.05, 4.69) is 12.2 Å². The zero-order chi connectivity index (χ0) is 10.9. The molecule has 90 valence electrons. The average molecular weight is 242 g/mol. The number of nitrogens with one attached hydrogen (secondary N) is 1. The lowest BCUT2D eigenvalue weighted by Gasteiger charge is -2.04. The highest BCUT2D eigenvalue weighted by molar-refractivity contribution is 5.94. The summed E-state index contributed by atoms with van der Waals surface area (Å²) in [6.07, 6.45) is 4.76. The van der Waals surface area contributed by atoms with E-state index in [1.807, 2.05) is 30.3 Å². The van der Waals surface area contributed by atoms with E-state index in [0.29, 0.717) is 0 Å². The predicted octanol–water partition coefficient (Wildman–Crippen LogP) is 3.42. The summed E-state index contributed by atoms with van der Waals surface area (Å²) in [4.78, 5) is 11.6. The first-order chi connectivity index (χ1) is 7.34. The maximum atomic E-state index is 11.6. The monoisotopic (exact) mass is 241 g/mol. The van der Waals surface area contributed by atoms with Crippen LogP contribution in [0, 0.1) is 0 Å². The Morgan fingerprint density at radius 3 is 2.44 bits per heavy atom. The van der Waals surface area contributed by atoms with Crippen molar-refractivity contribution in [3.63, 3.8) is 0 Å². The maximum Gasteiger partial charge on any atom is 0.251 e. The maximum absolute atomic E-state index is 11.6. The number of hydrogen-bond acceptors (Lipinski definition) is 1. The van der Waals surface area contributed by atoms with Crippen molar-refractivity contribution in [2.24, 2.45) is 0 Å². The molecule has 0 bridgehead atoms. The summed E-state index contributed by atoms with van der Waals surface area (Å²) in [6.45, 7) is 2.97. The molecule has 1 aromatic rings. The smallest absolute Gasteiger partial charge is 0.251 e. The van der Waals surface area contributed by atoms with Gasteiger partial charge in [-0.15, -0.1) is 12.4 Å². The van der Waals surface area contributed by atoms with Crippen LogP contribution >= 0.6 is 12.4 Å². The molecular formula is C13H20ClNO. The van der Waals surface area contributed by atoms with Crippen LogP contribution in [-0.2, 0) is 0 Å². The molecule has 1 aromatic carbocycles. The van der Waals surface area contributed by atoms with Gasteiger partial charge in [0.15, 0.2) is 0 Å². The molecule has 16 heavy (non-hydrogen) atoms. The van der Waals surface area contributed by atoms with Crippen molar-refractivity contribution in [1.29, 1.82) is 0 Å². The first-order valence-corrected chi connectivity index (χ1v) is 5.68. The van der Waals surface area contributed by atoms with E-state index in [-0.39, 0.29) is 18.3 Å². The Labute approximate surface area is 104 Å². The molecule has 0 aliphatic rings. The Bertz CT molecular complexity index is 287. The predicted molar refractivity (Wildman–Crippen MR) is 70.2 cm³/mol. The number of carbonyl (C=O) groups is 1. The van der Waals surface area contributed by atoms with E-state index in [1.54, 1.807) is 0 Å². The van der Waals surface area contributed by atoms with Gasteiger partial charge in [0.2, 0.25) is 0 Å². The molecule has 0 unspecified atom stereocenters. The number of halogens is 1. The second-order valence-corrected chi connectivity index (χ2v) is 3.68. The fourth-order valence-electron chi connectivity index (χ4n) is 1.45. The van der Waals surface area contributed by atoms with Gasteiger partial charge in [0, 0.05) is 12.1 Å². The lowest BCUT2D eigenvalue weighted by Crippen LogP contribution is -2.24. The minimum absolute atomic E-state index is 0. The first-order valence-electron chi connectivity index (χ1n) is 5.68. The number of rotatable bonds is 6. The van der Waals surface area contributed by atoms with Crippen molar-refractivity contribution < 1.29 is 4.79 Å². The van der Waals surface area contributed by atoms with E-state index in [1.165, 1.54) is 19.3 Å². The molecule has 1 amide bonds. The second-order valence-electron chi connectivity index (χ2n) is 3.68. The van der Waals surface area contributed by atoms with Gasteiger partial charge in [-0.05, 0) is 18.6 Å². The number of unbranched alkanes of at least 4 members (excludes halogenated alkanes) is 3. The van der Waals surface area contributed by atoms with Crippen LogP contribution in [-0.4, -0.2) is 12.5 Å². The minimum Gasteiger partial charge on any atom is -0.352 e. The molecule has 0 atom stereocenters. The van der Waals surface area contributed by atoms with Gasteiger partial charge in [0.05, 0.1) is 0 Å². The van der Waals surface area contributed by atoms with Crippen LogP contribution < -0.4 is 5.32 Å². The lowest BCUT2D eigenvalue weighted by atomic mass is 10.2. The number of amides is 1. The third kappa shape index (κ3) is 5.76. The fourth-order valence-corrected chi connectivity index (χ4v) is 1.45. The number of carbonyl (C=O) groups excluding carboxylic acids is 1. The van der Waals surface area contributed by atoms with Crippen LogP contribution in [0.5, 0.6) is 0 Å². The van der Waals surface area contributed by atoms with E-state index in [9.17, 15) is 4.79 Å². The van der Waals surface area contributed by atoms with Crippen LogP contribution in [0.4, 0.5) is 0 Å². The van der Waals surface area contributed by atoms with Gasteiger partial charge < -0.3 is 5.32 Å². The zero-order valence-corrected chi connectivity index (χ0v) is 10.6. The average Bonchev–Trinajstić information content (AvgIpc) is 2.30. The Balaban J connectivity index is 0.00000225. The van der Waals surface area contributed by atoms with Gasteiger partial charge in [-0.3, -0.25) is 4.79 Å². The van der Waals surface area contributed by atoms with E-state index in [4.69, 9.17) is 0 Å². The summed E-state index contributed by atoms with van der Waals surface area (Å²) in [5.41, 5.74) is 0.744. The lowest BCUT2D eigenvalue weighted by molar-refractivity contribution is 0.0953. The van der Waals surface area contributed by atoms with Crippen LogP contribution in [0.2, 0.25) is 0 Å². The summed E-state index contributed by atoms with van der Waals surface area (Å²) in [7, 11) is 0. The fraction of sp³-hybridized carbons (Fsp3) is 0.462. The highest BCUT2D eigenvalue weighted by Crippen LogP contribution is 2.00. The van der Waals surface area contributed by atoms with Gasteiger partial charge in [-0.1, -0.05) is 44.4 Å². The largest absolute Gasteiger partial charge is 0.352 e.